The standard InChI is InChI=1S/C16H19ClN4O3/c17-15-13(18)14(11-3-1-2-4-12(11)20-15)19-8-9-7-10(22)5-6-21(9)16(23)24/h1-4,9-10,22H,5-8,18H2,(H,19,20)(H,23,24). The van der Waals surface area contributed by atoms with E-state index < -0.39 is 12.2 Å². The van der Waals surface area contributed by atoms with Crippen molar-refractivity contribution >= 4 is 40.0 Å². The molecule has 0 radical (unpaired) electrons. The van der Waals surface area contributed by atoms with E-state index in [1.165, 1.54) is 4.90 Å². The quantitative estimate of drug-likeness (QED) is 0.632. The Balaban J connectivity index is 1.87. The van der Waals surface area contributed by atoms with E-state index in [1.807, 2.05) is 24.3 Å². The highest BCUT2D eigenvalue weighted by Gasteiger charge is 2.30. The van der Waals surface area contributed by atoms with E-state index in [-0.39, 0.29) is 11.2 Å². The van der Waals surface area contributed by atoms with Gasteiger partial charge in [-0.25, -0.2) is 9.78 Å². The molecule has 0 aliphatic carbocycles. The van der Waals surface area contributed by atoms with Crippen LogP contribution in [0.15, 0.2) is 24.3 Å². The molecule has 1 aromatic carbocycles. The minimum Gasteiger partial charge on any atom is -0.465 e. The number of nitrogens with zero attached hydrogens (tertiary/aromatic N) is 2. The lowest BCUT2D eigenvalue weighted by Crippen LogP contribution is -2.50. The fraction of sp³-hybridized carbons (Fsp3) is 0.375. The first-order valence-corrected chi connectivity index (χ1v) is 8.10. The third kappa shape index (κ3) is 3.18. The first kappa shape index (κ1) is 16.6. The molecule has 24 heavy (non-hydrogen) atoms. The third-order valence-electron chi connectivity index (χ3n) is 4.33. The lowest BCUT2D eigenvalue weighted by Gasteiger charge is -2.36. The number of pyridine rings is 1. The number of halogens is 1. The molecular formula is C16H19ClN4O3. The molecule has 5 N–H and O–H groups in total. The fourth-order valence-electron chi connectivity index (χ4n) is 3.08. The summed E-state index contributed by atoms with van der Waals surface area (Å²) in [6, 6.07) is 7.10. The normalized spacial score (nSPS) is 21.0. The molecule has 1 fully saturated rings. The number of hydrogen-bond donors (Lipinski definition) is 4. The molecule has 128 valence electrons. The number of anilines is 2. The number of hydrogen-bond acceptors (Lipinski definition) is 5. The van der Waals surface area contributed by atoms with Crippen LogP contribution >= 0.6 is 11.6 Å². The van der Waals surface area contributed by atoms with Crippen molar-refractivity contribution in [2.45, 2.75) is 25.0 Å². The Morgan fingerprint density at radius 2 is 2.21 bits per heavy atom. The van der Waals surface area contributed by atoms with E-state index >= 15 is 0 Å². The zero-order valence-corrected chi connectivity index (χ0v) is 13.7. The number of nitrogens with two attached hydrogens (primary N) is 1. The summed E-state index contributed by atoms with van der Waals surface area (Å²) in [6.07, 6.45) is -0.646. The lowest BCUT2D eigenvalue weighted by molar-refractivity contribution is 0.0469. The Bertz CT molecular complexity index is 770. The number of aliphatic hydroxyl groups excluding tert-OH is 1. The van der Waals surface area contributed by atoms with Crippen LogP contribution in [0.5, 0.6) is 0 Å². The van der Waals surface area contributed by atoms with Gasteiger partial charge in [0.2, 0.25) is 0 Å². The SMILES string of the molecule is Nc1c(Cl)nc2ccccc2c1NCC1CC(O)CCN1C(=O)O. The number of rotatable bonds is 3. The Hall–Kier alpha value is -2.25. The summed E-state index contributed by atoms with van der Waals surface area (Å²) in [4.78, 5) is 17.0. The van der Waals surface area contributed by atoms with Crippen LogP contribution in [-0.4, -0.2) is 51.4 Å². The van der Waals surface area contributed by atoms with Gasteiger partial charge in [0.15, 0.2) is 5.15 Å². The Morgan fingerprint density at radius 1 is 1.46 bits per heavy atom. The highest BCUT2D eigenvalue weighted by molar-refractivity contribution is 6.33. The summed E-state index contributed by atoms with van der Waals surface area (Å²) >= 11 is 6.10. The van der Waals surface area contributed by atoms with Gasteiger partial charge >= 0.3 is 6.09 Å². The van der Waals surface area contributed by atoms with Gasteiger partial charge in [-0.05, 0) is 18.9 Å². The van der Waals surface area contributed by atoms with Crippen LogP contribution < -0.4 is 11.1 Å². The summed E-state index contributed by atoms with van der Waals surface area (Å²) in [5, 5.41) is 23.4. The topological polar surface area (TPSA) is 112 Å². The molecule has 0 bridgehead atoms. The summed E-state index contributed by atoms with van der Waals surface area (Å²) in [5.74, 6) is 0. The maximum atomic E-state index is 11.4. The van der Waals surface area contributed by atoms with Gasteiger partial charge in [0.05, 0.1) is 29.0 Å². The average Bonchev–Trinajstić information content (AvgIpc) is 2.55. The Kier molecular flexibility index (Phi) is 4.64. The van der Waals surface area contributed by atoms with Crippen LogP contribution in [0.25, 0.3) is 10.9 Å². The molecule has 2 atom stereocenters. The maximum Gasteiger partial charge on any atom is 0.407 e. The zero-order chi connectivity index (χ0) is 17.3. The first-order valence-electron chi connectivity index (χ1n) is 7.72. The van der Waals surface area contributed by atoms with Gasteiger partial charge in [-0.3, -0.25) is 0 Å². The minimum absolute atomic E-state index is 0.204. The van der Waals surface area contributed by atoms with Crippen molar-refractivity contribution < 1.29 is 15.0 Å². The van der Waals surface area contributed by atoms with E-state index in [4.69, 9.17) is 17.3 Å². The number of amides is 1. The Morgan fingerprint density at radius 3 is 2.96 bits per heavy atom. The lowest BCUT2D eigenvalue weighted by atomic mass is 9.99. The molecule has 1 aliphatic rings. The van der Waals surface area contributed by atoms with Crippen LogP contribution in [0.2, 0.25) is 5.15 Å². The molecule has 1 aliphatic heterocycles. The van der Waals surface area contributed by atoms with Crippen molar-refractivity contribution in [3.05, 3.63) is 29.4 Å². The third-order valence-corrected chi connectivity index (χ3v) is 4.62. The summed E-state index contributed by atoms with van der Waals surface area (Å²) in [5.41, 5.74) is 7.72. The molecule has 2 aromatic rings. The van der Waals surface area contributed by atoms with Crippen molar-refractivity contribution in [2.75, 3.05) is 24.1 Å². The number of aromatic nitrogens is 1. The number of nitrogens with one attached hydrogen (secondary N) is 1. The average molecular weight is 351 g/mol. The van der Waals surface area contributed by atoms with Crippen LogP contribution in [0.4, 0.5) is 16.2 Å². The minimum atomic E-state index is -0.987. The number of carboxylic acid groups (broad SMARTS) is 1. The number of aliphatic hydroxyl groups is 1. The van der Waals surface area contributed by atoms with Crippen molar-refractivity contribution in [3.8, 4) is 0 Å². The highest BCUT2D eigenvalue weighted by atomic mass is 35.5. The maximum absolute atomic E-state index is 11.4. The van der Waals surface area contributed by atoms with Crippen LogP contribution in [0.3, 0.4) is 0 Å². The monoisotopic (exact) mass is 350 g/mol. The number of carbonyl (C=O) groups is 1. The second-order valence-corrected chi connectivity index (χ2v) is 6.26. The molecular weight excluding hydrogens is 332 g/mol. The van der Waals surface area contributed by atoms with E-state index in [1.54, 1.807) is 0 Å². The van der Waals surface area contributed by atoms with E-state index in [0.29, 0.717) is 42.8 Å². The zero-order valence-electron chi connectivity index (χ0n) is 12.9. The van der Waals surface area contributed by atoms with Crippen molar-refractivity contribution in [3.63, 3.8) is 0 Å². The second-order valence-electron chi connectivity index (χ2n) is 5.90. The summed E-state index contributed by atoms with van der Waals surface area (Å²) in [6.45, 7) is 0.647. The number of likely N-dealkylation sites (tertiary alicyclic amines) is 1. The highest BCUT2D eigenvalue weighted by Crippen LogP contribution is 2.33. The second kappa shape index (κ2) is 6.70. The molecule has 7 nitrogen and oxygen atoms in total. The predicted octanol–water partition coefficient (Wildman–Crippen LogP) is 2.39. The van der Waals surface area contributed by atoms with Crippen molar-refractivity contribution in [1.82, 2.24) is 9.88 Å². The number of fused-ring (bicyclic) bond motifs is 1. The van der Waals surface area contributed by atoms with Crippen LogP contribution in [0, 0.1) is 0 Å². The molecule has 0 spiro atoms. The molecule has 0 saturated carbocycles. The smallest absolute Gasteiger partial charge is 0.407 e. The van der Waals surface area contributed by atoms with Crippen molar-refractivity contribution in [2.24, 2.45) is 0 Å². The van der Waals surface area contributed by atoms with Crippen LogP contribution in [-0.2, 0) is 0 Å². The molecule has 1 aromatic heterocycles. The van der Waals surface area contributed by atoms with Crippen molar-refractivity contribution in [1.29, 1.82) is 0 Å². The summed E-state index contributed by atoms with van der Waals surface area (Å²) < 4.78 is 0. The van der Waals surface area contributed by atoms with E-state index in [2.05, 4.69) is 10.3 Å². The molecule has 3 rings (SSSR count). The van der Waals surface area contributed by atoms with Gasteiger partial charge in [0.1, 0.15) is 0 Å². The molecule has 2 heterocycles. The van der Waals surface area contributed by atoms with Gasteiger partial charge in [-0.2, -0.15) is 0 Å². The number of nitrogen functional groups attached to an aromatic ring is 1. The molecule has 2 unspecified atom stereocenters. The largest absolute Gasteiger partial charge is 0.465 e. The summed E-state index contributed by atoms with van der Waals surface area (Å²) in [7, 11) is 0. The van der Waals surface area contributed by atoms with E-state index in [9.17, 15) is 15.0 Å². The predicted molar refractivity (Wildman–Crippen MR) is 93.4 cm³/mol. The first-order chi connectivity index (χ1) is 11.5. The number of benzene rings is 1. The van der Waals surface area contributed by atoms with Gasteiger partial charge in [-0.15, -0.1) is 0 Å². The van der Waals surface area contributed by atoms with Gasteiger partial charge < -0.3 is 26.2 Å². The molecule has 1 saturated heterocycles. The van der Waals surface area contributed by atoms with Crippen LogP contribution in [0.1, 0.15) is 12.8 Å². The van der Waals surface area contributed by atoms with Gasteiger partial charge in [0, 0.05) is 18.5 Å². The molecule has 1 amide bonds. The fourth-order valence-corrected chi connectivity index (χ4v) is 3.27. The number of piperidine rings is 1. The van der Waals surface area contributed by atoms with Gasteiger partial charge in [0.25, 0.3) is 0 Å². The van der Waals surface area contributed by atoms with E-state index in [0.717, 1.165) is 5.39 Å². The number of para-hydroxylation sites is 1. The van der Waals surface area contributed by atoms with Gasteiger partial charge in [-0.1, -0.05) is 29.8 Å². The molecule has 8 heteroatoms. The Labute approximate surface area is 144 Å².